The van der Waals surface area contributed by atoms with Crippen LogP contribution >= 0.6 is 15.9 Å². The molecule has 3 nitrogen and oxygen atoms in total. The van der Waals surface area contributed by atoms with Gasteiger partial charge in [0.1, 0.15) is 6.61 Å². The first-order chi connectivity index (χ1) is 10.0. The summed E-state index contributed by atoms with van der Waals surface area (Å²) >= 11 is 3.21. The van der Waals surface area contributed by atoms with E-state index in [1.807, 2.05) is 18.3 Å². The van der Waals surface area contributed by atoms with E-state index in [-0.39, 0.29) is 18.2 Å². The highest BCUT2D eigenvalue weighted by atomic mass is 79.9. The van der Waals surface area contributed by atoms with Crippen LogP contribution in [-0.2, 0) is 13.2 Å². The Kier molecular flexibility index (Phi) is 5.70. The first kappa shape index (κ1) is 15.9. The Morgan fingerprint density at radius 1 is 1.29 bits per heavy atom. The second kappa shape index (κ2) is 7.52. The molecule has 1 heterocycles. The van der Waals surface area contributed by atoms with Crippen LogP contribution in [0, 0.1) is 5.82 Å². The molecule has 0 atom stereocenters. The van der Waals surface area contributed by atoms with Crippen molar-refractivity contribution < 1.29 is 9.13 Å². The van der Waals surface area contributed by atoms with Crippen molar-refractivity contribution in [3.05, 3.63) is 58.1 Å². The van der Waals surface area contributed by atoms with Crippen LogP contribution < -0.4 is 10.1 Å². The number of nitrogens with one attached hydrogen (secondary N) is 1. The summed E-state index contributed by atoms with van der Waals surface area (Å²) in [5, 5.41) is 3.33. The Morgan fingerprint density at radius 3 is 2.71 bits per heavy atom. The number of aromatic nitrogens is 1. The summed E-state index contributed by atoms with van der Waals surface area (Å²) < 4.78 is 19.7. The second-order valence-electron chi connectivity index (χ2n) is 5.06. The number of hydrogen-bond donors (Lipinski definition) is 1. The van der Waals surface area contributed by atoms with Crippen molar-refractivity contribution in [2.45, 2.75) is 33.0 Å². The van der Waals surface area contributed by atoms with Crippen molar-refractivity contribution in [1.82, 2.24) is 10.3 Å². The van der Waals surface area contributed by atoms with Crippen LogP contribution in [0.3, 0.4) is 0 Å². The van der Waals surface area contributed by atoms with E-state index < -0.39 is 0 Å². The van der Waals surface area contributed by atoms with E-state index in [0.29, 0.717) is 10.5 Å². The fourth-order valence-corrected chi connectivity index (χ4v) is 2.04. The summed E-state index contributed by atoms with van der Waals surface area (Å²) in [5.41, 5.74) is 1.88. The normalized spacial score (nSPS) is 10.9. The van der Waals surface area contributed by atoms with Gasteiger partial charge in [-0.3, -0.25) is 4.98 Å². The number of halogens is 2. The Hall–Kier alpha value is -1.46. The van der Waals surface area contributed by atoms with Crippen molar-refractivity contribution in [2.75, 3.05) is 0 Å². The number of hydrogen-bond acceptors (Lipinski definition) is 3. The quantitative estimate of drug-likeness (QED) is 0.851. The molecule has 1 aromatic carbocycles. The van der Waals surface area contributed by atoms with Gasteiger partial charge in [0, 0.05) is 23.3 Å². The van der Waals surface area contributed by atoms with E-state index >= 15 is 0 Å². The summed E-state index contributed by atoms with van der Waals surface area (Å²) in [5.74, 6) is -0.160. The van der Waals surface area contributed by atoms with Gasteiger partial charge in [0.25, 0.3) is 0 Å². The molecule has 0 aliphatic heterocycles. The smallest absolute Gasteiger partial charge is 0.166 e. The van der Waals surface area contributed by atoms with Crippen molar-refractivity contribution in [1.29, 1.82) is 0 Å². The van der Waals surface area contributed by atoms with Crippen LogP contribution in [0.1, 0.15) is 25.1 Å². The van der Waals surface area contributed by atoms with E-state index in [9.17, 15) is 4.39 Å². The van der Waals surface area contributed by atoms with Gasteiger partial charge in [-0.25, -0.2) is 4.39 Å². The Bertz CT molecular complexity index is 587. The predicted octanol–water partition coefficient (Wildman–Crippen LogP) is 4.06. The Balaban J connectivity index is 1.91. The topological polar surface area (TPSA) is 34.1 Å². The van der Waals surface area contributed by atoms with E-state index in [1.165, 1.54) is 6.07 Å². The first-order valence-electron chi connectivity index (χ1n) is 6.79. The molecule has 0 aliphatic carbocycles. The van der Waals surface area contributed by atoms with Gasteiger partial charge in [0.2, 0.25) is 0 Å². The summed E-state index contributed by atoms with van der Waals surface area (Å²) in [7, 11) is 0. The number of nitrogens with zero attached hydrogens (tertiary/aromatic N) is 1. The molecular formula is C16H18BrFN2O. The Morgan fingerprint density at radius 2 is 2.10 bits per heavy atom. The molecule has 2 aromatic rings. The highest BCUT2D eigenvalue weighted by Crippen LogP contribution is 2.22. The number of rotatable bonds is 6. The van der Waals surface area contributed by atoms with E-state index in [1.54, 1.807) is 12.1 Å². The molecule has 112 valence electrons. The van der Waals surface area contributed by atoms with Crippen molar-refractivity contribution >= 4 is 15.9 Å². The fraction of sp³-hybridized carbons (Fsp3) is 0.312. The lowest BCUT2D eigenvalue weighted by Crippen LogP contribution is -2.21. The van der Waals surface area contributed by atoms with Crippen LogP contribution in [0.4, 0.5) is 4.39 Å². The maximum absolute atomic E-state index is 13.6. The summed E-state index contributed by atoms with van der Waals surface area (Å²) in [6, 6.07) is 9.05. The SMILES string of the molecule is CC(C)NCc1ccc(COc2ccc(Br)cc2F)nc1. The third-order valence-corrected chi connectivity index (χ3v) is 3.36. The summed E-state index contributed by atoms with van der Waals surface area (Å²) in [6.45, 7) is 5.23. The lowest BCUT2D eigenvalue weighted by atomic mass is 10.2. The molecule has 0 bridgehead atoms. The Labute approximate surface area is 132 Å². The second-order valence-corrected chi connectivity index (χ2v) is 5.97. The van der Waals surface area contributed by atoms with Crippen LogP contribution in [0.5, 0.6) is 5.75 Å². The molecule has 21 heavy (non-hydrogen) atoms. The largest absolute Gasteiger partial charge is 0.484 e. The molecule has 1 aromatic heterocycles. The molecule has 0 fully saturated rings. The van der Waals surface area contributed by atoms with E-state index in [0.717, 1.165) is 17.8 Å². The first-order valence-corrected chi connectivity index (χ1v) is 7.59. The summed E-state index contributed by atoms with van der Waals surface area (Å²) in [4.78, 5) is 4.32. The average Bonchev–Trinajstić information content (AvgIpc) is 2.45. The molecule has 0 amide bonds. The van der Waals surface area contributed by atoms with Gasteiger partial charge in [-0.15, -0.1) is 0 Å². The molecule has 0 aliphatic rings. The molecule has 0 radical (unpaired) electrons. The molecule has 0 saturated carbocycles. The third kappa shape index (κ3) is 5.10. The van der Waals surface area contributed by atoms with Gasteiger partial charge in [0.15, 0.2) is 11.6 Å². The van der Waals surface area contributed by atoms with Crippen LogP contribution in [-0.4, -0.2) is 11.0 Å². The van der Waals surface area contributed by atoms with E-state index in [4.69, 9.17) is 4.74 Å². The highest BCUT2D eigenvalue weighted by molar-refractivity contribution is 9.10. The molecular weight excluding hydrogens is 335 g/mol. The van der Waals surface area contributed by atoms with Gasteiger partial charge in [-0.1, -0.05) is 35.8 Å². The van der Waals surface area contributed by atoms with Gasteiger partial charge < -0.3 is 10.1 Å². The molecule has 5 heteroatoms. The number of ether oxygens (including phenoxy) is 1. The molecule has 2 rings (SSSR count). The molecule has 0 spiro atoms. The average molecular weight is 353 g/mol. The van der Waals surface area contributed by atoms with Crippen LogP contribution in [0.2, 0.25) is 0 Å². The van der Waals surface area contributed by atoms with Gasteiger partial charge >= 0.3 is 0 Å². The minimum Gasteiger partial charge on any atom is -0.484 e. The minimum atomic E-state index is -0.387. The van der Waals surface area contributed by atoms with Gasteiger partial charge in [-0.05, 0) is 29.8 Å². The highest BCUT2D eigenvalue weighted by Gasteiger charge is 2.05. The molecule has 0 saturated heterocycles. The standard InChI is InChI=1S/C16H18BrFN2O/c1-11(2)19-8-12-3-5-14(20-9-12)10-21-16-6-4-13(17)7-15(16)18/h3-7,9,11,19H,8,10H2,1-2H3. The van der Waals surface area contributed by atoms with Crippen molar-refractivity contribution in [3.63, 3.8) is 0 Å². The third-order valence-electron chi connectivity index (χ3n) is 2.87. The van der Waals surface area contributed by atoms with Gasteiger partial charge in [0.05, 0.1) is 5.69 Å². The van der Waals surface area contributed by atoms with E-state index in [2.05, 4.69) is 40.1 Å². The lowest BCUT2D eigenvalue weighted by molar-refractivity contribution is 0.286. The van der Waals surface area contributed by atoms with Crippen molar-refractivity contribution in [3.8, 4) is 5.75 Å². The lowest BCUT2D eigenvalue weighted by Gasteiger charge is -2.09. The zero-order valence-corrected chi connectivity index (χ0v) is 13.7. The summed E-state index contributed by atoms with van der Waals surface area (Å²) in [6.07, 6.45) is 1.81. The van der Waals surface area contributed by atoms with Crippen LogP contribution in [0.15, 0.2) is 41.0 Å². The molecule has 1 N–H and O–H groups in total. The predicted molar refractivity (Wildman–Crippen MR) is 84.6 cm³/mol. The number of pyridine rings is 1. The maximum atomic E-state index is 13.6. The zero-order valence-electron chi connectivity index (χ0n) is 12.1. The van der Waals surface area contributed by atoms with Crippen LogP contribution in [0.25, 0.3) is 0 Å². The minimum absolute atomic E-state index is 0.227. The molecule has 0 unspecified atom stereocenters. The fourth-order valence-electron chi connectivity index (χ4n) is 1.71. The maximum Gasteiger partial charge on any atom is 0.166 e. The number of benzene rings is 1. The van der Waals surface area contributed by atoms with Gasteiger partial charge in [-0.2, -0.15) is 0 Å². The van der Waals surface area contributed by atoms with Crippen molar-refractivity contribution in [2.24, 2.45) is 0 Å². The zero-order chi connectivity index (χ0) is 15.2. The monoisotopic (exact) mass is 352 g/mol.